The lowest BCUT2D eigenvalue weighted by molar-refractivity contribution is -0.158. The normalized spacial score (nSPS) is 28.0. The molecule has 1 N–H and O–H groups in total. The molecule has 27 heavy (non-hydrogen) atoms. The van der Waals surface area contributed by atoms with E-state index in [2.05, 4.69) is 15.9 Å². The highest BCUT2D eigenvalue weighted by molar-refractivity contribution is 9.10. The second-order valence-corrected chi connectivity index (χ2v) is 8.13. The van der Waals surface area contributed by atoms with Crippen molar-refractivity contribution in [1.82, 2.24) is 0 Å². The number of Topliss-reactive ketones (excluding diaryl/α,β-unsaturated/α-hetero) is 1. The van der Waals surface area contributed by atoms with E-state index in [0.29, 0.717) is 26.4 Å². The summed E-state index contributed by atoms with van der Waals surface area (Å²) in [6.45, 7) is 1.72. The number of carboxylic acids is 1. The van der Waals surface area contributed by atoms with Gasteiger partial charge in [-0.3, -0.25) is 14.4 Å². The number of carbonyl (C=O) groups excluding carboxylic acids is 2. The van der Waals surface area contributed by atoms with Crippen LogP contribution in [0.5, 0.6) is 5.75 Å². The Bertz CT molecular complexity index is 1000. The molecular formula is C20H14BrClO5. The fourth-order valence-corrected chi connectivity index (χ4v) is 5.07. The highest BCUT2D eigenvalue weighted by Crippen LogP contribution is 2.79. The molecule has 1 heterocycles. The summed E-state index contributed by atoms with van der Waals surface area (Å²) in [7, 11) is 0. The summed E-state index contributed by atoms with van der Waals surface area (Å²) >= 11 is 9.27. The van der Waals surface area contributed by atoms with Crippen LogP contribution in [0.2, 0.25) is 5.02 Å². The predicted molar refractivity (Wildman–Crippen MR) is 101 cm³/mol. The van der Waals surface area contributed by atoms with Crippen LogP contribution in [0, 0.1) is 10.8 Å². The molecule has 0 aromatic heterocycles. The summed E-state index contributed by atoms with van der Waals surface area (Å²) in [4.78, 5) is 38.6. The number of ketones is 1. The molecule has 0 radical (unpaired) electrons. The van der Waals surface area contributed by atoms with Gasteiger partial charge in [0.05, 0.1) is 5.41 Å². The third kappa shape index (κ3) is 2.14. The summed E-state index contributed by atoms with van der Waals surface area (Å²) in [6.07, 6.45) is 0.187. The van der Waals surface area contributed by atoms with Crippen LogP contribution in [-0.4, -0.2) is 22.8 Å². The molecule has 2 aromatic rings. The van der Waals surface area contributed by atoms with Crippen molar-refractivity contribution >= 4 is 45.3 Å². The standard InChI is InChI=1S/C20H14BrClO5/c1-2-19(16(23)10-3-6-12(22)7-4-10)15-13-9-11(21)5-8-14(13)27-18(26)20(15,19)17(24)25/h3-9,15H,2H2,1H3,(H,24,25). The van der Waals surface area contributed by atoms with Gasteiger partial charge in [-0.1, -0.05) is 34.5 Å². The molecule has 0 saturated heterocycles. The average molecular weight is 450 g/mol. The van der Waals surface area contributed by atoms with Gasteiger partial charge in [0, 0.05) is 26.5 Å². The monoisotopic (exact) mass is 448 g/mol. The van der Waals surface area contributed by atoms with E-state index in [0.717, 1.165) is 0 Å². The van der Waals surface area contributed by atoms with E-state index in [4.69, 9.17) is 16.3 Å². The first-order valence-electron chi connectivity index (χ1n) is 8.36. The number of halogens is 2. The Labute approximate surface area is 168 Å². The summed E-state index contributed by atoms with van der Waals surface area (Å²) in [5, 5.41) is 10.5. The summed E-state index contributed by atoms with van der Waals surface area (Å²) < 4.78 is 6.07. The molecule has 138 valence electrons. The van der Waals surface area contributed by atoms with Gasteiger partial charge in [0.15, 0.2) is 11.2 Å². The molecule has 1 saturated carbocycles. The third-order valence-corrected chi connectivity index (χ3v) is 6.51. The van der Waals surface area contributed by atoms with E-state index in [1.54, 1.807) is 49.4 Å². The average Bonchev–Trinajstić information content (AvgIpc) is 3.29. The van der Waals surface area contributed by atoms with Crippen molar-refractivity contribution < 1.29 is 24.2 Å². The summed E-state index contributed by atoms with van der Waals surface area (Å²) in [6, 6.07) is 11.3. The Kier molecular flexibility index (Phi) is 3.98. The van der Waals surface area contributed by atoms with E-state index in [1.807, 2.05) is 0 Å². The van der Waals surface area contributed by atoms with E-state index < -0.39 is 28.7 Å². The molecule has 3 unspecified atom stereocenters. The van der Waals surface area contributed by atoms with E-state index in [9.17, 15) is 19.5 Å². The minimum atomic E-state index is -1.92. The van der Waals surface area contributed by atoms with Crippen molar-refractivity contribution in [1.29, 1.82) is 0 Å². The van der Waals surface area contributed by atoms with Crippen molar-refractivity contribution in [2.45, 2.75) is 19.3 Å². The largest absolute Gasteiger partial charge is 0.480 e. The van der Waals surface area contributed by atoms with E-state index in [-0.39, 0.29) is 12.2 Å². The van der Waals surface area contributed by atoms with Crippen LogP contribution in [0.25, 0.3) is 0 Å². The highest BCUT2D eigenvalue weighted by Gasteiger charge is 2.89. The zero-order valence-corrected chi connectivity index (χ0v) is 16.5. The number of fused-ring (bicyclic) bond motifs is 3. The van der Waals surface area contributed by atoms with Gasteiger partial charge in [-0.15, -0.1) is 0 Å². The first-order valence-corrected chi connectivity index (χ1v) is 9.53. The summed E-state index contributed by atoms with van der Waals surface area (Å²) in [5.41, 5.74) is -2.46. The van der Waals surface area contributed by atoms with Crippen LogP contribution < -0.4 is 4.74 Å². The molecule has 3 atom stereocenters. The summed E-state index contributed by atoms with van der Waals surface area (Å²) in [5.74, 6) is -3.11. The fraction of sp³-hybridized carbons (Fsp3) is 0.250. The third-order valence-electron chi connectivity index (χ3n) is 5.76. The zero-order chi connectivity index (χ0) is 19.6. The fourth-order valence-electron chi connectivity index (χ4n) is 4.57. The number of ether oxygens (including phenoxy) is 1. The molecule has 0 bridgehead atoms. The molecule has 0 spiro atoms. The number of hydrogen-bond acceptors (Lipinski definition) is 4. The topological polar surface area (TPSA) is 80.7 Å². The number of rotatable bonds is 4. The highest BCUT2D eigenvalue weighted by atomic mass is 79.9. The Morgan fingerprint density at radius 1 is 1.22 bits per heavy atom. The predicted octanol–water partition coefficient (Wildman–Crippen LogP) is 4.47. The molecule has 7 heteroatoms. The second kappa shape index (κ2) is 5.91. The van der Waals surface area contributed by atoms with Crippen LogP contribution in [0.1, 0.15) is 35.2 Å². The minimum Gasteiger partial charge on any atom is -0.480 e. The van der Waals surface area contributed by atoms with Crippen molar-refractivity contribution in [2.24, 2.45) is 10.8 Å². The second-order valence-electron chi connectivity index (χ2n) is 6.78. The van der Waals surface area contributed by atoms with Crippen LogP contribution >= 0.6 is 27.5 Å². The van der Waals surface area contributed by atoms with Gasteiger partial charge in [-0.25, -0.2) is 0 Å². The van der Waals surface area contributed by atoms with Gasteiger partial charge in [-0.05, 0) is 48.9 Å². The molecule has 5 nitrogen and oxygen atoms in total. The molecule has 1 fully saturated rings. The molecule has 2 aromatic carbocycles. The molecule has 2 aliphatic rings. The van der Waals surface area contributed by atoms with Crippen molar-refractivity contribution in [3.63, 3.8) is 0 Å². The number of esters is 1. The Morgan fingerprint density at radius 2 is 1.89 bits per heavy atom. The molecule has 1 aliphatic heterocycles. The number of aliphatic carboxylic acids is 1. The van der Waals surface area contributed by atoms with Gasteiger partial charge in [0.1, 0.15) is 5.75 Å². The zero-order valence-electron chi connectivity index (χ0n) is 14.2. The maximum absolute atomic E-state index is 13.5. The lowest BCUT2D eigenvalue weighted by Crippen LogP contribution is -2.39. The SMILES string of the molecule is CCC1(C(=O)c2ccc(Cl)cc2)C2c3cc(Br)ccc3OC(=O)C21C(=O)O. The number of hydrogen-bond donors (Lipinski definition) is 1. The van der Waals surface area contributed by atoms with Gasteiger partial charge >= 0.3 is 11.9 Å². The maximum atomic E-state index is 13.5. The number of carboxylic acid groups (broad SMARTS) is 1. The molecule has 4 rings (SSSR count). The maximum Gasteiger partial charge on any atom is 0.330 e. The number of benzene rings is 2. The van der Waals surface area contributed by atoms with Crippen molar-refractivity contribution in [3.8, 4) is 5.75 Å². The van der Waals surface area contributed by atoms with Gasteiger partial charge in [0.25, 0.3) is 0 Å². The van der Waals surface area contributed by atoms with Crippen LogP contribution in [-0.2, 0) is 9.59 Å². The molecule has 1 aliphatic carbocycles. The molecule has 0 amide bonds. The number of carbonyl (C=O) groups is 3. The van der Waals surface area contributed by atoms with Crippen molar-refractivity contribution in [2.75, 3.05) is 0 Å². The minimum absolute atomic E-state index is 0.187. The van der Waals surface area contributed by atoms with E-state index in [1.165, 1.54) is 0 Å². The lowest BCUT2D eigenvalue weighted by Gasteiger charge is -2.20. The van der Waals surface area contributed by atoms with Crippen LogP contribution in [0.15, 0.2) is 46.9 Å². The van der Waals surface area contributed by atoms with Crippen LogP contribution in [0.4, 0.5) is 0 Å². The Hall–Kier alpha value is -2.18. The van der Waals surface area contributed by atoms with E-state index >= 15 is 0 Å². The molecular weight excluding hydrogens is 436 g/mol. The van der Waals surface area contributed by atoms with Crippen LogP contribution in [0.3, 0.4) is 0 Å². The quantitative estimate of drug-likeness (QED) is 0.322. The Morgan fingerprint density at radius 3 is 2.48 bits per heavy atom. The van der Waals surface area contributed by atoms with Gasteiger partial charge < -0.3 is 9.84 Å². The smallest absolute Gasteiger partial charge is 0.330 e. The first kappa shape index (κ1) is 18.2. The lowest BCUT2D eigenvalue weighted by atomic mass is 9.83. The van der Waals surface area contributed by atoms with Gasteiger partial charge in [-0.2, -0.15) is 0 Å². The Balaban J connectivity index is 1.95. The van der Waals surface area contributed by atoms with Crippen molar-refractivity contribution in [3.05, 3.63) is 63.1 Å². The first-order chi connectivity index (χ1) is 12.8. The van der Waals surface area contributed by atoms with Gasteiger partial charge in [0.2, 0.25) is 0 Å².